The van der Waals surface area contributed by atoms with Crippen LogP contribution in [-0.4, -0.2) is 41.5 Å². The van der Waals surface area contributed by atoms with Gasteiger partial charge < -0.3 is 10.1 Å². The van der Waals surface area contributed by atoms with Crippen molar-refractivity contribution in [3.63, 3.8) is 0 Å². The Balaban J connectivity index is 1.77. The third-order valence-corrected chi connectivity index (χ3v) is 4.94. The van der Waals surface area contributed by atoms with Gasteiger partial charge in [0.15, 0.2) is 16.9 Å². The van der Waals surface area contributed by atoms with Crippen LogP contribution in [0.4, 0.5) is 0 Å². The molecule has 0 unspecified atom stereocenters. The lowest BCUT2D eigenvalue weighted by atomic mass is 10.1. The average molecular weight is 402 g/mol. The topological polar surface area (TPSA) is 128 Å². The maximum absolute atomic E-state index is 11.8. The average Bonchev–Trinajstić information content (AvgIpc) is 3.36. The lowest BCUT2D eigenvalue weighted by Crippen LogP contribution is -2.19. The molecule has 4 aromatic rings. The number of fused-ring (bicyclic) bond motifs is 1. The summed E-state index contributed by atoms with van der Waals surface area (Å²) >= 11 is 0. The van der Waals surface area contributed by atoms with Crippen LogP contribution < -0.4 is 16.4 Å². The Bertz CT molecular complexity index is 1470. The van der Waals surface area contributed by atoms with E-state index in [0.717, 1.165) is 18.4 Å². The monoisotopic (exact) mass is 402 g/mol. The Morgan fingerprint density at radius 1 is 1.30 bits per heavy atom. The van der Waals surface area contributed by atoms with Crippen LogP contribution in [0.25, 0.3) is 23.0 Å². The van der Waals surface area contributed by atoms with E-state index >= 15 is 0 Å². The number of nitrogens with one attached hydrogen (secondary N) is 2. The molecule has 3 aromatic heterocycles. The van der Waals surface area contributed by atoms with Crippen molar-refractivity contribution in [2.75, 3.05) is 0 Å². The SMILES string of the molecule is CC(=O)c1cccc(-c2cc(=NC3CC3)n3nc/c(=C\c4[nH]c(=O)[nH]c4O)c3n2)c1. The fraction of sp³-hybridized carbons (Fsp3) is 0.190. The number of aromatic amines is 2. The molecule has 30 heavy (non-hydrogen) atoms. The van der Waals surface area contributed by atoms with Crippen LogP contribution in [0.2, 0.25) is 0 Å². The number of rotatable bonds is 4. The first-order valence-corrected chi connectivity index (χ1v) is 9.55. The van der Waals surface area contributed by atoms with E-state index in [9.17, 15) is 14.7 Å². The Labute approximate surface area is 169 Å². The second-order valence-electron chi connectivity index (χ2n) is 7.32. The van der Waals surface area contributed by atoms with Crippen LogP contribution in [0.15, 0.2) is 46.3 Å². The van der Waals surface area contributed by atoms with Crippen LogP contribution >= 0.6 is 0 Å². The van der Waals surface area contributed by atoms with Gasteiger partial charge in [0.2, 0.25) is 5.88 Å². The lowest BCUT2D eigenvalue weighted by Gasteiger charge is -2.04. The van der Waals surface area contributed by atoms with E-state index in [1.54, 1.807) is 28.9 Å². The Kier molecular flexibility index (Phi) is 4.09. The van der Waals surface area contributed by atoms with Crippen molar-refractivity contribution in [3.05, 3.63) is 69.0 Å². The van der Waals surface area contributed by atoms with Gasteiger partial charge in [-0.15, -0.1) is 0 Å². The predicted octanol–water partition coefficient (Wildman–Crippen LogP) is 0.932. The van der Waals surface area contributed by atoms with Crippen molar-refractivity contribution in [1.29, 1.82) is 0 Å². The molecule has 1 saturated carbocycles. The quantitative estimate of drug-likeness (QED) is 0.438. The normalized spacial score (nSPS) is 15.2. The molecule has 9 nitrogen and oxygen atoms in total. The van der Waals surface area contributed by atoms with E-state index < -0.39 is 5.69 Å². The highest BCUT2D eigenvalue weighted by Crippen LogP contribution is 2.23. The Morgan fingerprint density at radius 3 is 2.83 bits per heavy atom. The van der Waals surface area contributed by atoms with Crippen LogP contribution in [0.1, 0.15) is 35.8 Å². The van der Waals surface area contributed by atoms with E-state index in [1.165, 1.54) is 6.92 Å². The summed E-state index contributed by atoms with van der Waals surface area (Å²) < 4.78 is 1.64. The standard InChI is InChI=1S/C21H18N6O3/c1-11(28)12-3-2-4-13(7-12)16-9-18(23-15-5-6-15)27-19(24-16)14(10-22-27)8-17-20(29)26-21(30)25-17/h2-4,7-10,15,29H,5-6H2,1H3,(H2,25,26,30)/b14-8+,23-18?. The van der Waals surface area contributed by atoms with Gasteiger partial charge in [-0.05, 0) is 31.9 Å². The minimum atomic E-state index is -0.505. The lowest BCUT2D eigenvalue weighted by molar-refractivity contribution is 0.101. The zero-order valence-electron chi connectivity index (χ0n) is 16.1. The Morgan fingerprint density at radius 2 is 2.13 bits per heavy atom. The summed E-state index contributed by atoms with van der Waals surface area (Å²) in [6.45, 7) is 1.53. The molecule has 3 heterocycles. The van der Waals surface area contributed by atoms with Gasteiger partial charge in [0, 0.05) is 22.4 Å². The number of imidazole rings is 1. The first-order valence-electron chi connectivity index (χ1n) is 9.55. The number of hydrogen-bond donors (Lipinski definition) is 3. The predicted molar refractivity (Wildman–Crippen MR) is 109 cm³/mol. The molecular formula is C21H18N6O3. The molecule has 1 aromatic carbocycles. The number of carbonyl (C=O) groups excluding carboxylic acids is 1. The molecule has 3 N–H and O–H groups in total. The third kappa shape index (κ3) is 3.30. The number of hydrogen-bond acceptors (Lipinski definition) is 6. The van der Waals surface area contributed by atoms with Crippen LogP contribution in [0, 0.1) is 0 Å². The number of ketones is 1. The van der Waals surface area contributed by atoms with Gasteiger partial charge in [0.05, 0.1) is 17.9 Å². The molecule has 150 valence electrons. The summed E-state index contributed by atoms with van der Waals surface area (Å²) in [4.78, 5) is 37.5. The summed E-state index contributed by atoms with van der Waals surface area (Å²) in [7, 11) is 0. The van der Waals surface area contributed by atoms with Crippen molar-refractivity contribution in [2.24, 2.45) is 4.99 Å². The maximum atomic E-state index is 11.8. The minimum absolute atomic E-state index is 0.0221. The van der Waals surface area contributed by atoms with E-state index in [4.69, 9.17) is 9.98 Å². The molecule has 0 spiro atoms. The molecule has 9 heteroatoms. The highest BCUT2D eigenvalue weighted by Gasteiger charge is 2.20. The summed E-state index contributed by atoms with van der Waals surface area (Å²) in [5.41, 5.74) is 2.98. The molecule has 0 radical (unpaired) electrons. The van der Waals surface area contributed by atoms with Gasteiger partial charge in [0.25, 0.3) is 0 Å². The fourth-order valence-electron chi connectivity index (χ4n) is 3.24. The van der Waals surface area contributed by atoms with Crippen molar-refractivity contribution in [1.82, 2.24) is 24.6 Å². The summed E-state index contributed by atoms with van der Waals surface area (Å²) in [6, 6.07) is 9.41. The second-order valence-corrected chi connectivity index (χ2v) is 7.32. The molecule has 0 saturated heterocycles. The molecular weight excluding hydrogens is 384 g/mol. The molecule has 0 atom stereocenters. The highest BCUT2D eigenvalue weighted by molar-refractivity contribution is 5.95. The van der Waals surface area contributed by atoms with Gasteiger partial charge in [0.1, 0.15) is 5.69 Å². The van der Waals surface area contributed by atoms with Gasteiger partial charge in [-0.25, -0.2) is 9.78 Å². The van der Waals surface area contributed by atoms with Crippen molar-refractivity contribution < 1.29 is 9.90 Å². The van der Waals surface area contributed by atoms with E-state index in [1.807, 2.05) is 18.2 Å². The summed E-state index contributed by atoms with van der Waals surface area (Å²) in [5, 5.41) is 14.9. The molecule has 0 aliphatic heterocycles. The Hall–Kier alpha value is -4.01. The number of Topliss-reactive ketones (excluding diaryl/α,β-unsaturated/α-hetero) is 1. The fourth-order valence-corrected chi connectivity index (χ4v) is 3.24. The molecule has 1 aliphatic carbocycles. The second kappa shape index (κ2) is 6.80. The third-order valence-electron chi connectivity index (χ3n) is 4.94. The maximum Gasteiger partial charge on any atom is 0.326 e. The number of nitrogens with zero attached hydrogens (tertiary/aromatic N) is 4. The first kappa shape index (κ1) is 18.0. The van der Waals surface area contributed by atoms with Crippen molar-refractivity contribution >= 4 is 17.5 Å². The number of aromatic hydroxyl groups is 1. The molecule has 0 bridgehead atoms. The van der Waals surface area contributed by atoms with Crippen molar-refractivity contribution in [3.8, 4) is 17.1 Å². The van der Waals surface area contributed by atoms with Crippen molar-refractivity contribution in [2.45, 2.75) is 25.8 Å². The van der Waals surface area contributed by atoms with E-state index in [-0.39, 0.29) is 23.4 Å². The highest BCUT2D eigenvalue weighted by atomic mass is 16.3. The number of H-pyrrole nitrogens is 2. The first-order chi connectivity index (χ1) is 14.5. The summed E-state index contributed by atoms with van der Waals surface area (Å²) in [6.07, 6.45) is 5.28. The summed E-state index contributed by atoms with van der Waals surface area (Å²) in [5.74, 6) is -0.279. The van der Waals surface area contributed by atoms with Gasteiger partial charge in [-0.2, -0.15) is 9.61 Å². The van der Waals surface area contributed by atoms with Crippen LogP contribution in [0.5, 0.6) is 5.88 Å². The molecule has 0 amide bonds. The van der Waals surface area contributed by atoms with E-state index in [2.05, 4.69) is 15.1 Å². The van der Waals surface area contributed by atoms with E-state index in [0.29, 0.717) is 27.6 Å². The smallest absolute Gasteiger partial charge is 0.326 e. The van der Waals surface area contributed by atoms with Crippen LogP contribution in [0.3, 0.4) is 0 Å². The van der Waals surface area contributed by atoms with Gasteiger partial charge in [-0.3, -0.25) is 14.8 Å². The molecule has 5 rings (SSSR count). The van der Waals surface area contributed by atoms with Gasteiger partial charge in [-0.1, -0.05) is 18.2 Å². The van der Waals surface area contributed by atoms with Crippen LogP contribution in [-0.2, 0) is 0 Å². The number of benzene rings is 1. The zero-order valence-corrected chi connectivity index (χ0v) is 16.1. The molecule has 1 aliphatic rings. The zero-order chi connectivity index (χ0) is 20.8. The number of carbonyl (C=O) groups is 1. The number of aromatic nitrogens is 5. The minimum Gasteiger partial charge on any atom is -0.493 e. The largest absolute Gasteiger partial charge is 0.493 e. The van der Waals surface area contributed by atoms with Gasteiger partial charge >= 0.3 is 5.69 Å². The molecule has 1 fully saturated rings.